The van der Waals surface area contributed by atoms with Gasteiger partial charge in [-0.15, -0.1) is 0 Å². The highest BCUT2D eigenvalue weighted by Crippen LogP contribution is 2.67. The summed E-state index contributed by atoms with van der Waals surface area (Å²) in [6.45, 7) is 14.9. The van der Waals surface area contributed by atoms with Gasteiger partial charge in [0, 0.05) is 12.8 Å². The van der Waals surface area contributed by atoms with Crippen LogP contribution in [0, 0.1) is 46.3 Å². The van der Waals surface area contributed by atoms with E-state index in [0.29, 0.717) is 17.3 Å². The average molecular weight is 569 g/mol. The molecule has 236 valence electrons. The SMILES string of the molecule is CCCCCCCCCCCC(=O)O[C@@H]1CC[C@@]2(C)C(=CC[C@H]3[C@H]4CC[C@H]([C@H](C)CCCC(C)C)[C@@]4(C)CC[C@@H]32)C1. The summed E-state index contributed by atoms with van der Waals surface area (Å²) >= 11 is 0. The van der Waals surface area contributed by atoms with Crippen molar-refractivity contribution in [2.24, 2.45) is 46.3 Å². The van der Waals surface area contributed by atoms with Crippen molar-refractivity contribution in [2.75, 3.05) is 0 Å². The monoisotopic (exact) mass is 569 g/mol. The molecule has 3 fully saturated rings. The number of fused-ring (bicyclic) bond motifs is 5. The molecule has 0 N–H and O–H groups in total. The summed E-state index contributed by atoms with van der Waals surface area (Å²) < 4.78 is 6.09. The molecule has 0 aromatic heterocycles. The highest BCUT2D eigenvalue weighted by atomic mass is 16.5. The fraction of sp³-hybridized carbons (Fsp3) is 0.923. The zero-order chi connectivity index (χ0) is 29.5. The van der Waals surface area contributed by atoms with E-state index in [-0.39, 0.29) is 12.1 Å². The van der Waals surface area contributed by atoms with Gasteiger partial charge in [0.2, 0.25) is 0 Å². The third-order valence-electron chi connectivity index (χ3n) is 13.0. The predicted octanol–water partition coefficient (Wildman–Crippen LogP) is 11.9. The molecular formula is C39H68O2. The highest BCUT2D eigenvalue weighted by Gasteiger charge is 2.59. The third-order valence-corrected chi connectivity index (χ3v) is 13.0. The lowest BCUT2D eigenvalue weighted by molar-refractivity contribution is -0.151. The summed E-state index contributed by atoms with van der Waals surface area (Å²) in [6.07, 6.45) is 29.6. The second-order valence-electron chi connectivity index (χ2n) is 16.2. The maximum Gasteiger partial charge on any atom is 0.306 e. The van der Waals surface area contributed by atoms with Crippen LogP contribution in [0.4, 0.5) is 0 Å². The average Bonchev–Trinajstić information content (AvgIpc) is 3.29. The topological polar surface area (TPSA) is 26.3 Å². The van der Waals surface area contributed by atoms with Gasteiger partial charge in [-0.1, -0.05) is 124 Å². The number of esters is 1. The van der Waals surface area contributed by atoms with Crippen LogP contribution in [-0.2, 0) is 9.53 Å². The summed E-state index contributed by atoms with van der Waals surface area (Å²) in [4.78, 5) is 12.7. The first kappa shape index (κ1) is 33.1. The number of hydrogen-bond donors (Lipinski definition) is 0. The Morgan fingerprint density at radius 2 is 1.56 bits per heavy atom. The smallest absolute Gasteiger partial charge is 0.306 e. The summed E-state index contributed by atoms with van der Waals surface area (Å²) in [5.74, 6) is 5.34. The molecule has 0 aliphatic heterocycles. The zero-order valence-electron chi connectivity index (χ0n) is 28.3. The van der Waals surface area contributed by atoms with Gasteiger partial charge >= 0.3 is 5.97 Å². The molecule has 4 rings (SSSR count). The summed E-state index contributed by atoms with van der Waals surface area (Å²) in [5.41, 5.74) is 2.54. The van der Waals surface area contributed by atoms with Crippen LogP contribution in [-0.4, -0.2) is 12.1 Å². The molecule has 0 amide bonds. The van der Waals surface area contributed by atoms with Gasteiger partial charge < -0.3 is 4.74 Å². The van der Waals surface area contributed by atoms with Crippen LogP contribution >= 0.6 is 0 Å². The van der Waals surface area contributed by atoms with E-state index in [1.807, 2.05) is 0 Å². The van der Waals surface area contributed by atoms with Gasteiger partial charge in [0.15, 0.2) is 0 Å². The van der Waals surface area contributed by atoms with Gasteiger partial charge in [0.1, 0.15) is 6.10 Å². The molecule has 3 saturated carbocycles. The van der Waals surface area contributed by atoms with Crippen molar-refractivity contribution < 1.29 is 9.53 Å². The first-order chi connectivity index (χ1) is 19.7. The van der Waals surface area contributed by atoms with E-state index < -0.39 is 0 Å². The number of unbranched alkanes of at least 4 members (excludes halogenated alkanes) is 8. The molecule has 0 saturated heterocycles. The highest BCUT2D eigenvalue weighted by molar-refractivity contribution is 5.69. The Bertz CT molecular complexity index is 843. The first-order valence-corrected chi connectivity index (χ1v) is 18.6. The van der Waals surface area contributed by atoms with Gasteiger partial charge in [-0.2, -0.15) is 0 Å². The molecule has 0 unspecified atom stereocenters. The van der Waals surface area contributed by atoms with E-state index >= 15 is 0 Å². The summed E-state index contributed by atoms with van der Waals surface area (Å²) in [7, 11) is 0. The number of carbonyl (C=O) groups is 1. The largest absolute Gasteiger partial charge is 0.462 e. The normalized spacial score (nSPS) is 35.4. The molecule has 0 spiro atoms. The Balaban J connectivity index is 1.24. The molecule has 8 atom stereocenters. The molecule has 2 nitrogen and oxygen atoms in total. The molecule has 0 bridgehead atoms. The lowest BCUT2D eigenvalue weighted by atomic mass is 9.47. The number of carbonyl (C=O) groups excluding carboxylic acids is 1. The van der Waals surface area contributed by atoms with E-state index in [4.69, 9.17) is 4.74 Å². The Morgan fingerprint density at radius 3 is 2.27 bits per heavy atom. The Hall–Kier alpha value is -0.790. The Morgan fingerprint density at radius 1 is 0.854 bits per heavy atom. The predicted molar refractivity (Wildman–Crippen MR) is 175 cm³/mol. The quantitative estimate of drug-likeness (QED) is 0.105. The fourth-order valence-electron chi connectivity index (χ4n) is 10.6. The standard InChI is InChI=1S/C39H68O2/c1-7-8-9-10-11-12-13-14-15-19-37(40)41-32-24-26-38(5)31(28-32)20-21-33-35-23-22-34(30(4)18-16-17-29(2)3)39(35,6)27-25-36(33)38/h20,29-30,32-36H,7-19,21-28H2,1-6H3/t30-,32-,33+,34-,35-,36+,38+,39-/m1/s1. The first-order valence-electron chi connectivity index (χ1n) is 18.6. The van der Waals surface area contributed by atoms with Gasteiger partial charge in [-0.3, -0.25) is 4.79 Å². The van der Waals surface area contributed by atoms with Crippen LogP contribution < -0.4 is 0 Å². The van der Waals surface area contributed by atoms with Gasteiger partial charge in [0.25, 0.3) is 0 Å². The minimum atomic E-state index is 0.0591. The second kappa shape index (κ2) is 15.3. The van der Waals surface area contributed by atoms with Crippen LogP contribution in [0.2, 0.25) is 0 Å². The van der Waals surface area contributed by atoms with Gasteiger partial charge in [-0.25, -0.2) is 0 Å². The molecule has 0 heterocycles. The van der Waals surface area contributed by atoms with Crippen molar-refractivity contribution in [3.8, 4) is 0 Å². The lowest BCUT2D eigenvalue weighted by Crippen LogP contribution is -2.51. The second-order valence-corrected chi connectivity index (χ2v) is 16.2. The molecule has 4 aliphatic rings. The number of ether oxygens (including phenoxy) is 1. The summed E-state index contributed by atoms with van der Waals surface area (Å²) in [6, 6.07) is 0. The van der Waals surface area contributed by atoms with E-state index in [9.17, 15) is 4.79 Å². The molecule has 4 aliphatic carbocycles. The van der Waals surface area contributed by atoms with Crippen molar-refractivity contribution in [1.82, 2.24) is 0 Å². The van der Waals surface area contributed by atoms with Crippen LogP contribution in [0.15, 0.2) is 11.6 Å². The Kier molecular flexibility index (Phi) is 12.3. The van der Waals surface area contributed by atoms with Crippen molar-refractivity contribution in [2.45, 2.75) is 182 Å². The van der Waals surface area contributed by atoms with E-state index in [2.05, 4.69) is 47.6 Å². The van der Waals surface area contributed by atoms with E-state index in [1.54, 1.807) is 5.57 Å². The third kappa shape index (κ3) is 8.03. The van der Waals surface area contributed by atoms with Crippen LogP contribution in [0.25, 0.3) is 0 Å². The number of hydrogen-bond acceptors (Lipinski definition) is 2. The number of allylic oxidation sites excluding steroid dienone is 1. The minimum absolute atomic E-state index is 0.0591. The molecule has 41 heavy (non-hydrogen) atoms. The Labute approximate surface area is 255 Å². The van der Waals surface area contributed by atoms with Crippen LogP contribution in [0.5, 0.6) is 0 Å². The van der Waals surface area contributed by atoms with Crippen LogP contribution in [0.1, 0.15) is 176 Å². The van der Waals surface area contributed by atoms with Crippen molar-refractivity contribution in [3.63, 3.8) is 0 Å². The van der Waals surface area contributed by atoms with E-state index in [0.717, 1.165) is 54.8 Å². The van der Waals surface area contributed by atoms with Crippen molar-refractivity contribution in [1.29, 1.82) is 0 Å². The molecular weight excluding hydrogens is 500 g/mol. The zero-order valence-corrected chi connectivity index (χ0v) is 28.3. The van der Waals surface area contributed by atoms with Gasteiger partial charge in [0.05, 0.1) is 0 Å². The molecule has 2 heteroatoms. The van der Waals surface area contributed by atoms with Crippen LogP contribution in [0.3, 0.4) is 0 Å². The molecule has 0 aromatic rings. The minimum Gasteiger partial charge on any atom is -0.462 e. The van der Waals surface area contributed by atoms with Gasteiger partial charge in [-0.05, 0) is 97.7 Å². The fourth-order valence-corrected chi connectivity index (χ4v) is 10.6. The molecule has 0 radical (unpaired) electrons. The van der Waals surface area contributed by atoms with E-state index in [1.165, 1.54) is 109 Å². The lowest BCUT2D eigenvalue weighted by Gasteiger charge is -2.58. The van der Waals surface area contributed by atoms with Crippen molar-refractivity contribution >= 4 is 5.97 Å². The summed E-state index contributed by atoms with van der Waals surface area (Å²) in [5, 5.41) is 0. The maximum absolute atomic E-state index is 12.7. The van der Waals surface area contributed by atoms with Crippen molar-refractivity contribution in [3.05, 3.63) is 11.6 Å². The molecule has 0 aromatic carbocycles. The number of rotatable bonds is 16. The maximum atomic E-state index is 12.7.